The van der Waals surface area contributed by atoms with Crippen LogP contribution in [0.25, 0.3) is 11.8 Å². The van der Waals surface area contributed by atoms with Gasteiger partial charge in [0.1, 0.15) is 17.8 Å². The number of carbonyl (C=O) groups excluding carboxylic acids is 1. The zero-order chi connectivity index (χ0) is 25.0. The first-order chi connectivity index (χ1) is 16.1. The number of nitrogens with two attached hydrogens (primary N) is 1. The summed E-state index contributed by atoms with van der Waals surface area (Å²) in [5, 5.41) is 0. The topological polar surface area (TPSA) is 85.7 Å². The zero-order valence-corrected chi connectivity index (χ0v) is 19.1. The summed E-state index contributed by atoms with van der Waals surface area (Å²) in [6.45, 7) is 4.52. The van der Waals surface area contributed by atoms with E-state index in [2.05, 4.69) is 9.98 Å². The van der Waals surface area contributed by atoms with Gasteiger partial charge in [0.25, 0.3) is 5.91 Å². The fourth-order valence-corrected chi connectivity index (χ4v) is 3.48. The van der Waals surface area contributed by atoms with Gasteiger partial charge in [0.2, 0.25) is 5.96 Å². The number of aliphatic imine (C=N–C) groups is 1. The number of halogens is 3. The Morgan fingerprint density at radius 2 is 2.00 bits per heavy atom. The van der Waals surface area contributed by atoms with Gasteiger partial charge in [-0.15, -0.1) is 0 Å². The summed E-state index contributed by atoms with van der Waals surface area (Å²) >= 11 is 0. The molecule has 1 amide bonds. The van der Waals surface area contributed by atoms with Crippen LogP contribution in [0.2, 0.25) is 0 Å². The van der Waals surface area contributed by atoms with Gasteiger partial charge in [-0.3, -0.25) is 9.69 Å². The monoisotopic (exact) mass is 471 g/mol. The molecule has 1 atom stereocenters. The molecule has 34 heavy (non-hydrogen) atoms. The summed E-state index contributed by atoms with van der Waals surface area (Å²) in [5.74, 6) is -2.05. The van der Waals surface area contributed by atoms with Gasteiger partial charge in [-0.2, -0.15) is 0 Å². The summed E-state index contributed by atoms with van der Waals surface area (Å²) in [6.07, 6.45) is 6.56. The number of benzene rings is 1. The number of hydrogen-bond acceptors (Lipinski definition) is 5. The fraction of sp³-hybridized carbons (Fsp3) is 0.208. The quantitative estimate of drug-likeness (QED) is 0.470. The summed E-state index contributed by atoms with van der Waals surface area (Å²) < 4.78 is 46.9. The third kappa shape index (κ3) is 5.28. The Labute approximate surface area is 195 Å². The molecule has 10 heteroatoms. The number of methoxy groups -OCH3 is 1. The highest BCUT2D eigenvalue weighted by molar-refractivity contribution is 6.13. The standard InChI is InChI=1S/C24H24F3N5O2/c1-14(26)7-18(10-19(27)11-25)16(3)32-23(33)20(30-24(32)28)8-17-5-6-21(22(9-17)34-4)31-12-15(2)29-13-31/h5-13,16H,1-4H3,(H2,28,30)/b14-7+,18-10+,19-11-,20-8-. The summed E-state index contributed by atoms with van der Waals surface area (Å²) in [4.78, 5) is 22.5. The van der Waals surface area contributed by atoms with E-state index in [0.717, 1.165) is 35.4 Å². The lowest BCUT2D eigenvalue weighted by Gasteiger charge is -2.24. The van der Waals surface area contributed by atoms with Crippen molar-refractivity contribution in [3.63, 3.8) is 0 Å². The molecule has 0 fully saturated rings. The molecule has 1 unspecified atom stereocenters. The maximum Gasteiger partial charge on any atom is 0.279 e. The fourth-order valence-electron chi connectivity index (χ4n) is 3.48. The second-order valence-corrected chi connectivity index (χ2v) is 7.57. The first-order valence-electron chi connectivity index (χ1n) is 10.2. The number of aromatic nitrogens is 2. The highest BCUT2D eigenvalue weighted by atomic mass is 19.2. The van der Waals surface area contributed by atoms with Crippen molar-refractivity contribution in [2.75, 3.05) is 7.11 Å². The van der Waals surface area contributed by atoms with E-state index in [1.165, 1.54) is 20.1 Å². The summed E-state index contributed by atoms with van der Waals surface area (Å²) in [7, 11) is 1.53. The number of guanidine groups is 1. The second-order valence-electron chi connectivity index (χ2n) is 7.57. The first-order valence-corrected chi connectivity index (χ1v) is 10.2. The van der Waals surface area contributed by atoms with Gasteiger partial charge >= 0.3 is 0 Å². The number of aryl methyl sites for hydroxylation is 1. The molecule has 1 aliphatic rings. The Hall–Kier alpha value is -4.08. The van der Waals surface area contributed by atoms with Crippen molar-refractivity contribution in [2.24, 2.45) is 10.7 Å². The highest BCUT2D eigenvalue weighted by Gasteiger charge is 2.33. The van der Waals surface area contributed by atoms with Crippen molar-refractivity contribution >= 4 is 17.9 Å². The van der Waals surface area contributed by atoms with E-state index in [1.807, 2.05) is 17.7 Å². The minimum atomic E-state index is -1.22. The van der Waals surface area contributed by atoms with Gasteiger partial charge in [0.15, 0.2) is 5.83 Å². The molecule has 0 bridgehead atoms. The molecule has 0 aliphatic carbocycles. The van der Waals surface area contributed by atoms with Crippen molar-refractivity contribution in [1.82, 2.24) is 14.5 Å². The predicted octanol–water partition coefficient (Wildman–Crippen LogP) is 4.66. The average Bonchev–Trinajstić information content (AvgIpc) is 3.34. The van der Waals surface area contributed by atoms with Crippen LogP contribution in [-0.4, -0.2) is 39.5 Å². The molecule has 0 radical (unpaired) electrons. The van der Waals surface area contributed by atoms with Gasteiger partial charge in [0.05, 0.1) is 36.7 Å². The lowest BCUT2D eigenvalue weighted by atomic mass is 10.1. The van der Waals surface area contributed by atoms with Crippen LogP contribution in [0.3, 0.4) is 0 Å². The van der Waals surface area contributed by atoms with Gasteiger partial charge in [-0.1, -0.05) is 6.07 Å². The van der Waals surface area contributed by atoms with E-state index in [4.69, 9.17) is 10.5 Å². The Morgan fingerprint density at radius 1 is 1.26 bits per heavy atom. The van der Waals surface area contributed by atoms with Crippen molar-refractivity contribution in [3.05, 3.63) is 83.4 Å². The molecule has 0 spiro atoms. The van der Waals surface area contributed by atoms with Crippen molar-refractivity contribution in [2.45, 2.75) is 26.8 Å². The molecule has 7 nitrogen and oxygen atoms in total. The first kappa shape index (κ1) is 24.6. The molecular formula is C24H24F3N5O2. The highest BCUT2D eigenvalue weighted by Crippen LogP contribution is 2.28. The molecule has 2 heterocycles. The minimum Gasteiger partial charge on any atom is -0.495 e. The number of nitrogens with zero attached hydrogens (tertiary/aromatic N) is 4. The van der Waals surface area contributed by atoms with Gasteiger partial charge in [-0.05, 0) is 62.3 Å². The molecule has 2 N–H and O–H groups in total. The Bertz CT molecular complexity index is 1250. The average molecular weight is 471 g/mol. The molecule has 1 aromatic heterocycles. The van der Waals surface area contributed by atoms with Gasteiger partial charge in [0, 0.05) is 6.20 Å². The Kier molecular flexibility index (Phi) is 7.40. The lowest BCUT2D eigenvalue weighted by Crippen LogP contribution is -2.44. The number of imidazole rings is 1. The Balaban J connectivity index is 1.93. The van der Waals surface area contributed by atoms with E-state index in [9.17, 15) is 18.0 Å². The van der Waals surface area contributed by atoms with Crippen LogP contribution in [0.15, 0.2) is 77.1 Å². The van der Waals surface area contributed by atoms with Crippen molar-refractivity contribution < 1.29 is 22.7 Å². The summed E-state index contributed by atoms with van der Waals surface area (Å²) in [5.41, 5.74) is 8.21. The summed E-state index contributed by atoms with van der Waals surface area (Å²) in [6, 6.07) is 4.39. The Morgan fingerprint density at radius 3 is 2.59 bits per heavy atom. The van der Waals surface area contributed by atoms with E-state index < -0.39 is 23.6 Å². The number of hydrogen-bond donors (Lipinski definition) is 1. The molecular weight excluding hydrogens is 447 g/mol. The normalized spacial score (nSPS) is 17.4. The lowest BCUT2D eigenvalue weighted by molar-refractivity contribution is -0.123. The predicted molar refractivity (Wildman–Crippen MR) is 124 cm³/mol. The van der Waals surface area contributed by atoms with Crippen LogP contribution in [0, 0.1) is 6.92 Å². The molecule has 0 saturated carbocycles. The van der Waals surface area contributed by atoms with Crippen molar-refractivity contribution in [1.29, 1.82) is 0 Å². The molecule has 178 valence electrons. The van der Waals surface area contributed by atoms with Gasteiger partial charge in [-0.25, -0.2) is 23.1 Å². The number of ether oxygens (including phenoxy) is 1. The largest absolute Gasteiger partial charge is 0.495 e. The number of amides is 1. The smallest absolute Gasteiger partial charge is 0.279 e. The second kappa shape index (κ2) is 10.2. The van der Waals surface area contributed by atoms with Crippen LogP contribution >= 0.6 is 0 Å². The van der Waals surface area contributed by atoms with E-state index in [1.54, 1.807) is 24.5 Å². The third-order valence-electron chi connectivity index (χ3n) is 5.06. The number of allylic oxidation sites excluding steroid dienone is 3. The van der Waals surface area contributed by atoms with Crippen molar-refractivity contribution in [3.8, 4) is 11.4 Å². The minimum absolute atomic E-state index is 0.000739. The molecule has 1 aliphatic heterocycles. The molecule has 1 aromatic carbocycles. The zero-order valence-electron chi connectivity index (χ0n) is 19.1. The maximum atomic E-state index is 13.5. The maximum absolute atomic E-state index is 13.5. The molecule has 2 aromatic rings. The van der Waals surface area contributed by atoms with Crippen LogP contribution in [0.4, 0.5) is 13.2 Å². The van der Waals surface area contributed by atoms with Crippen LogP contribution < -0.4 is 10.5 Å². The van der Waals surface area contributed by atoms with Gasteiger partial charge < -0.3 is 15.0 Å². The van der Waals surface area contributed by atoms with Crippen LogP contribution in [0.1, 0.15) is 25.1 Å². The number of carbonyl (C=O) groups is 1. The third-order valence-corrected chi connectivity index (χ3v) is 5.06. The van der Waals surface area contributed by atoms with E-state index in [0.29, 0.717) is 11.3 Å². The van der Waals surface area contributed by atoms with Crippen LogP contribution in [-0.2, 0) is 4.79 Å². The molecule has 0 saturated heterocycles. The van der Waals surface area contributed by atoms with E-state index in [-0.39, 0.29) is 23.6 Å². The van der Waals surface area contributed by atoms with E-state index >= 15 is 0 Å². The van der Waals surface area contributed by atoms with Crippen LogP contribution in [0.5, 0.6) is 5.75 Å². The number of rotatable bonds is 7. The SMILES string of the molecule is COc1cc(/C=C2\N=C(N)N(C(C)C(/C=C(\C)F)=C/C(F)=C/F)C2=O)ccc1-n1cnc(C)c1. The molecule has 3 rings (SSSR count).